The number of nitrogen functional groups attached to an aromatic ring is 1. The number of amides is 2. The zero-order chi connectivity index (χ0) is 29.9. The molecule has 9 heteroatoms. The van der Waals surface area contributed by atoms with E-state index < -0.39 is 18.3 Å². The highest BCUT2D eigenvalue weighted by molar-refractivity contribution is 9.10. The molecular formula is C33H32BrN3O5. The zero-order valence-corrected chi connectivity index (χ0v) is 24.6. The van der Waals surface area contributed by atoms with Crippen molar-refractivity contribution in [1.29, 1.82) is 0 Å². The smallest absolute Gasteiger partial charge is 0.412 e. The van der Waals surface area contributed by atoms with Gasteiger partial charge in [-0.25, -0.2) is 4.79 Å². The van der Waals surface area contributed by atoms with Gasteiger partial charge in [0.05, 0.1) is 11.4 Å². The molecule has 0 fully saturated rings. The Morgan fingerprint density at radius 1 is 0.952 bits per heavy atom. The minimum Gasteiger partial charge on any atom is -0.508 e. The number of carbonyl (C=O) groups is 2. The Bertz CT molecular complexity index is 1530. The van der Waals surface area contributed by atoms with Crippen LogP contribution in [0.4, 0.5) is 21.9 Å². The molecule has 4 aromatic rings. The summed E-state index contributed by atoms with van der Waals surface area (Å²) in [7, 11) is 0. The molecule has 2 amide bonds. The van der Waals surface area contributed by atoms with Crippen molar-refractivity contribution in [1.82, 2.24) is 0 Å². The van der Waals surface area contributed by atoms with Gasteiger partial charge in [-0.05, 0) is 80.4 Å². The fourth-order valence-corrected chi connectivity index (χ4v) is 4.55. The van der Waals surface area contributed by atoms with E-state index in [1.165, 1.54) is 12.1 Å². The van der Waals surface area contributed by atoms with Crippen LogP contribution in [-0.4, -0.2) is 23.2 Å². The molecule has 4 aromatic carbocycles. The van der Waals surface area contributed by atoms with Crippen molar-refractivity contribution in [3.05, 3.63) is 125 Å². The van der Waals surface area contributed by atoms with Crippen LogP contribution in [0, 0.1) is 6.92 Å². The molecule has 0 aromatic heterocycles. The van der Waals surface area contributed by atoms with Crippen LogP contribution in [0.5, 0.6) is 11.5 Å². The van der Waals surface area contributed by atoms with Gasteiger partial charge < -0.3 is 25.6 Å². The minimum absolute atomic E-state index is 0.0524. The molecule has 0 heterocycles. The molecule has 42 heavy (non-hydrogen) atoms. The Hall–Kier alpha value is -4.76. The molecular weight excluding hydrogens is 598 g/mol. The van der Waals surface area contributed by atoms with Crippen LogP contribution >= 0.6 is 15.9 Å². The fourth-order valence-electron chi connectivity index (χ4n) is 4.17. The molecule has 4 rings (SSSR count). The molecule has 2 atom stereocenters. The third-order valence-corrected chi connectivity index (χ3v) is 6.80. The number of allylic oxidation sites excluding steroid dienone is 1. The summed E-state index contributed by atoms with van der Waals surface area (Å²) < 4.78 is 13.0. The molecule has 0 saturated heterocycles. The Labute approximate surface area is 253 Å². The molecule has 0 bridgehead atoms. The van der Waals surface area contributed by atoms with Gasteiger partial charge in [0.25, 0.3) is 0 Å². The number of hydrogen-bond acceptors (Lipinski definition) is 6. The number of hydrogen-bond donors (Lipinski definition) is 4. The molecule has 0 aliphatic carbocycles. The van der Waals surface area contributed by atoms with Crippen molar-refractivity contribution in [2.24, 2.45) is 0 Å². The van der Waals surface area contributed by atoms with Gasteiger partial charge in [-0.3, -0.25) is 10.1 Å². The first kappa shape index (κ1) is 30.2. The molecule has 0 spiro atoms. The first-order chi connectivity index (χ1) is 20.3. The highest BCUT2D eigenvalue weighted by atomic mass is 79.9. The standard InChI is InChI=1S/C33H32BrN3O5/c1-22-15-18-24(19-16-22)36-33(40)42-32(26-21-23(34)17-20-29(26)38)30(41-25-9-3-2-4-10-25)13-7-8-14-31(39)37-28-12-6-5-11-27(28)35/h2-6,8-12,14-21,30,32,38H,7,13,35H2,1H3,(H,36,40)(H,37,39)/b14-8+/t30-,32-/m1/s1. The van der Waals surface area contributed by atoms with Gasteiger partial charge in [0.2, 0.25) is 5.91 Å². The number of halogens is 1. The summed E-state index contributed by atoms with van der Waals surface area (Å²) in [5.74, 6) is 0.178. The number of ether oxygens (including phenoxy) is 2. The van der Waals surface area contributed by atoms with Crippen LogP contribution in [0.1, 0.15) is 30.1 Å². The molecule has 5 N–H and O–H groups in total. The van der Waals surface area contributed by atoms with Gasteiger partial charge in [0.15, 0.2) is 6.10 Å². The van der Waals surface area contributed by atoms with E-state index >= 15 is 0 Å². The molecule has 0 saturated carbocycles. The average molecular weight is 631 g/mol. The molecule has 216 valence electrons. The van der Waals surface area contributed by atoms with E-state index in [4.69, 9.17) is 15.2 Å². The van der Waals surface area contributed by atoms with E-state index in [0.717, 1.165) is 5.56 Å². The lowest BCUT2D eigenvalue weighted by Crippen LogP contribution is -2.31. The topological polar surface area (TPSA) is 123 Å². The van der Waals surface area contributed by atoms with E-state index in [1.807, 2.05) is 37.3 Å². The number of benzene rings is 4. The third-order valence-electron chi connectivity index (χ3n) is 6.30. The summed E-state index contributed by atoms with van der Waals surface area (Å²) in [4.78, 5) is 25.6. The Morgan fingerprint density at radius 3 is 2.40 bits per heavy atom. The first-order valence-corrected chi connectivity index (χ1v) is 14.1. The van der Waals surface area contributed by atoms with Crippen molar-refractivity contribution in [3.8, 4) is 11.5 Å². The Morgan fingerprint density at radius 2 is 1.67 bits per heavy atom. The van der Waals surface area contributed by atoms with Gasteiger partial charge in [-0.15, -0.1) is 0 Å². The lowest BCUT2D eigenvalue weighted by molar-refractivity contribution is -0.111. The summed E-state index contributed by atoms with van der Waals surface area (Å²) >= 11 is 3.45. The van der Waals surface area contributed by atoms with Gasteiger partial charge in [-0.1, -0.05) is 70.0 Å². The predicted molar refractivity (Wildman–Crippen MR) is 169 cm³/mol. The number of rotatable bonds is 11. The Kier molecular flexibility index (Phi) is 10.6. The second kappa shape index (κ2) is 14.7. The fraction of sp³-hybridized carbons (Fsp3) is 0.152. The molecule has 0 radical (unpaired) electrons. The first-order valence-electron chi connectivity index (χ1n) is 13.3. The van der Waals surface area contributed by atoms with Crippen LogP contribution in [0.3, 0.4) is 0 Å². The lowest BCUT2D eigenvalue weighted by Gasteiger charge is -2.28. The van der Waals surface area contributed by atoms with Gasteiger partial charge in [0.1, 0.15) is 17.6 Å². The van der Waals surface area contributed by atoms with Crippen LogP contribution in [-0.2, 0) is 9.53 Å². The third kappa shape index (κ3) is 8.87. The van der Waals surface area contributed by atoms with Crippen molar-refractivity contribution >= 4 is 45.0 Å². The summed E-state index contributed by atoms with van der Waals surface area (Å²) in [5, 5.41) is 16.3. The normalized spacial score (nSPS) is 12.3. The molecule has 8 nitrogen and oxygen atoms in total. The SMILES string of the molecule is Cc1ccc(NC(=O)O[C@H](c2cc(Br)ccc2O)[C@@H](CC/C=C/C(=O)Nc2ccccc2N)Oc2ccccc2)cc1. The van der Waals surface area contributed by atoms with E-state index in [-0.39, 0.29) is 11.7 Å². The quantitative estimate of drug-likeness (QED) is 0.0993. The summed E-state index contributed by atoms with van der Waals surface area (Å²) in [6.45, 7) is 1.95. The van der Waals surface area contributed by atoms with E-state index in [2.05, 4.69) is 26.6 Å². The largest absolute Gasteiger partial charge is 0.508 e. The lowest BCUT2D eigenvalue weighted by atomic mass is 9.99. The second-order valence-electron chi connectivity index (χ2n) is 9.55. The number of nitrogens with one attached hydrogen (secondary N) is 2. The maximum Gasteiger partial charge on any atom is 0.412 e. The number of aromatic hydroxyl groups is 1. The van der Waals surface area contributed by atoms with Gasteiger partial charge >= 0.3 is 6.09 Å². The summed E-state index contributed by atoms with van der Waals surface area (Å²) in [5.41, 5.74) is 8.89. The second-order valence-corrected chi connectivity index (χ2v) is 10.5. The van der Waals surface area contributed by atoms with E-state index in [0.29, 0.717) is 45.7 Å². The van der Waals surface area contributed by atoms with Crippen molar-refractivity contribution < 1.29 is 24.2 Å². The monoisotopic (exact) mass is 629 g/mol. The number of para-hydroxylation sites is 3. The van der Waals surface area contributed by atoms with Gasteiger partial charge in [0, 0.05) is 15.7 Å². The van der Waals surface area contributed by atoms with Crippen molar-refractivity contribution in [3.63, 3.8) is 0 Å². The van der Waals surface area contributed by atoms with Crippen molar-refractivity contribution in [2.75, 3.05) is 16.4 Å². The number of nitrogens with two attached hydrogens (primary N) is 1. The molecule has 0 unspecified atom stereocenters. The maximum absolute atomic E-state index is 13.1. The Balaban J connectivity index is 1.56. The van der Waals surface area contributed by atoms with Crippen molar-refractivity contribution in [2.45, 2.75) is 32.0 Å². The predicted octanol–water partition coefficient (Wildman–Crippen LogP) is 7.76. The average Bonchev–Trinajstić information content (AvgIpc) is 2.98. The minimum atomic E-state index is -1.00. The summed E-state index contributed by atoms with van der Waals surface area (Å²) in [6, 6.07) is 28.3. The summed E-state index contributed by atoms with van der Waals surface area (Å²) in [6.07, 6.45) is 1.45. The van der Waals surface area contributed by atoms with Crippen LogP contribution < -0.4 is 21.1 Å². The number of phenols is 1. The molecule has 0 aliphatic rings. The van der Waals surface area contributed by atoms with E-state index in [9.17, 15) is 14.7 Å². The van der Waals surface area contributed by atoms with Gasteiger partial charge in [-0.2, -0.15) is 0 Å². The number of carbonyl (C=O) groups excluding carboxylic acids is 2. The van der Waals surface area contributed by atoms with Crippen LogP contribution in [0.25, 0.3) is 0 Å². The maximum atomic E-state index is 13.1. The molecule has 0 aliphatic heterocycles. The number of phenolic OH excluding ortho intramolecular Hbond substituents is 1. The van der Waals surface area contributed by atoms with E-state index in [1.54, 1.807) is 66.7 Å². The number of anilines is 3. The highest BCUT2D eigenvalue weighted by Crippen LogP contribution is 2.36. The van der Waals surface area contributed by atoms with Crippen LogP contribution in [0.2, 0.25) is 0 Å². The zero-order valence-electron chi connectivity index (χ0n) is 23.0. The number of aryl methyl sites for hydroxylation is 1. The highest BCUT2D eigenvalue weighted by Gasteiger charge is 2.31. The van der Waals surface area contributed by atoms with Crippen LogP contribution in [0.15, 0.2) is 114 Å².